The van der Waals surface area contributed by atoms with Gasteiger partial charge in [-0.15, -0.1) is 0 Å². The highest BCUT2D eigenvalue weighted by molar-refractivity contribution is 5.79. The van der Waals surface area contributed by atoms with Gasteiger partial charge in [-0.2, -0.15) is 0 Å². The van der Waals surface area contributed by atoms with Crippen molar-refractivity contribution in [1.82, 2.24) is 15.3 Å². The molecule has 1 saturated heterocycles. The summed E-state index contributed by atoms with van der Waals surface area (Å²) in [6, 6.07) is 1.87. The second kappa shape index (κ2) is 3.12. The monoisotopic (exact) mass is 177 g/mol. The van der Waals surface area contributed by atoms with Crippen molar-refractivity contribution < 1.29 is 4.79 Å². The van der Waals surface area contributed by atoms with Crippen LogP contribution in [-0.2, 0) is 4.79 Å². The standard InChI is InChI=1S/C9H11N3O/c1-6-10-3-2-8(12-6)7-4-9(13)11-5-7/h2-3,7H,4-5H2,1H3,(H,11,13). The highest BCUT2D eigenvalue weighted by Crippen LogP contribution is 2.20. The number of hydrogen-bond donors (Lipinski definition) is 1. The fourth-order valence-corrected chi connectivity index (χ4v) is 1.52. The molecule has 4 heteroatoms. The van der Waals surface area contributed by atoms with E-state index in [9.17, 15) is 4.79 Å². The number of aryl methyl sites for hydroxylation is 1. The van der Waals surface area contributed by atoms with Crippen LogP contribution < -0.4 is 5.32 Å². The molecule has 0 spiro atoms. The van der Waals surface area contributed by atoms with Crippen molar-refractivity contribution in [3.05, 3.63) is 23.8 Å². The van der Waals surface area contributed by atoms with Gasteiger partial charge in [0.25, 0.3) is 0 Å². The number of rotatable bonds is 1. The molecule has 4 nitrogen and oxygen atoms in total. The molecule has 1 N–H and O–H groups in total. The van der Waals surface area contributed by atoms with Gasteiger partial charge in [0.2, 0.25) is 5.91 Å². The molecule has 1 amide bonds. The molecule has 0 radical (unpaired) electrons. The maximum absolute atomic E-state index is 11.0. The van der Waals surface area contributed by atoms with E-state index in [1.54, 1.807) is 6.20 Å². The topological polar surface area (TPSA) is 54.9 Å². The van der Waals surface area contributed by atoms with E-state index < -0.39 is 0 Å². The molecule has 1 atom stereocenters. The van der Waals surface area contributed by atoms with Gasteiger partial charge >= 0.3 is 0 Å². The van der Waals surface area contributed by atoms with E-state index in [1.807, 2.05) is 13.0 Å². The minimum atomic E-state index is 0.112. The van der Waals surface area contributed by atoms with Crippen molar-refractivity contribution in [2.75, 3.05) is 6.54 Å². The summed E-state index contributed by atoms with van der Waals surface area (Å²) in [5, 5.41) is 2.79. The normalized spacial score (nSPS) is 21.6. The number of carbonyl (C=O) groups is 1. The Morgan fingerprint density at radius 1 is 1.62 bits per heavy atom. The minimum absolute atomic E-state index is 0.112. The third-order valence-electron chi connectivity index (χ3n) is 2.19. The quantitative estimate of drug-likeness (QED) is 0.675. The highest BCUT2D eigenvalue weighted by Gasteiger charge is 2.23. The summed E-state index contributed by atoms with van der Waals surface area (Å²) in [5.74, 6) is 1.10. The number of nitrogens with zero attached hydrogens (tertiary/aromatic N) is 2. The van der Waals surface area contributed by atoms with Crippen LogP contribution in [0, 0.1) is 6.92 Å². The second-order valence-corrected chi connectivity index (χ2v) is 3.23. The predicted octanol–water partition coefficient (Wildman–Crippen LogP) is 0.389. The van der Waals surface area contributed by atoms with Crippen LogP contribution in [0.4, 0.5) is 0 Å². The van der Waals surface area contributed by atoms with Crippen molar-refractivity contribution in [2.24, 2.45) is 0 Å². The number of aromatic nitrogens is 2. The Hall–Kier alpha value is -1.45. The fourth-order valence-electron chi connectivity index (χ4n) is 1.52. The summed E-state index contributed by atoms with van der Waals surface area (Å²) in [6.07, 6.45) is 2.29. The van der Waals surface area contributed by atoms with Crippen LogP contribution in [0.2, 0.25) is 0 Å². The molecule has 2 rings (SSSR count). The van der Waals surface area contributed by atoms with Crippen molar-refractivity contribution in [1.29, 1.82) is 0 Å². The van der Waals surface area contributed by atoms with Gasteiger partial charge in [-0.3, -0.25) is 4.79 Å². The first-order valence-corrected chi connectivity index (χ1v) is 4.32. The molecule has 1 unspecified atom stereocenters. The zero-order valence-corrected chi connectivity index (χ0v) is 7.45. The first kappa shape index (κ1) is 8.16. The van der Waals surface area contributed by atoms with Crippen LogP contribution in [0.15, 0.2) is 12.3 Å². The van der Waals surface area contributed by atoms with E-state index in [1.165, 1.54) is 0 Å². The lowest BCUT2D eigenvalue weighted by Crippen LogP contribution is -2.13. The molecule has 0 bridgehead atoms. The number of nitrogens with one attached hydrogen (secondary N) is 1. The maximum Gasteiger partial charge on any atom is 0.220 e. The molecule has 1 aliphatic rings. The highest BCUT2D eigenvalue weighted by atomic mass is 16.1. The van der Waals surface area contributed by atoms with E-state index in [0.29, 0.717) is 13.0 Å². The first-order chi connectivity index (χ1) is 6.25. The van der Waals surface area contributed by atoms with Crippen LogP contribution in [0.25, 0.3) is 0 Å². The lowest BCUT2D eigenvalue weighted by atomic mass is 10.0. The van der Waals surface area contributed by atoms with Gasteiger partial charge in [-0.25, -0.2) is 9.97 Å². The molecule has 1 fully saturated rings. The molecule has 13 heavy (non-hydrogen) atoms. The van der Waals surface area contributed by atoms with Crippen LogP contribution in [0.5, 0.6) is 0 Å². The molecule has 68 valence electrons. The van der Waals surface area contributed by atoms with E-state index in [0.717, 1.165) is 11.5 Å². The predicted molar refractivity (Wildman–Crippen MR) is 47.1 cm³/mol. The van der Waals surface area contributed by atoms with Gasteiger partial charge in [-0.05, 0) is 13.0 Å². The molecular weight excluding hydrogens is 166 g/mol. The lowest BCUT2D eigenvalue weighted by molar-refractivity contribution is -0.119. The van der Waals surface area contributed by atoms with Gasteiger partial charge in [0.05, 0.1) is 0 Å². The smallest absolute Gasteiger partial charge is 0.220 e. The van der Waals surface area contributed by atoms with Crippen molar-refractivity contribution in [3.63, 3.8) is 0 Å². The number of hydrogen-bond acceptors (Lipinski definition) is 3. The minimum Gasteiger partial charge on any atom is -0.355 e. The van der Waals surface area contributed by atoms with Crippen LogP contribution in [0.1, 0.15) is 23.9 Å². The van der Waals surface area contributed by atoms with E-state index in [2.05, 4.69) is 15.3 Å². The van der Waals surface area contributed by atoms with Gasteiger partial charge in [0, 0.05) is 30.8 Å². The molecule has 1 aliphatic heterocycles. The molecule has 0 aromatic carbocycles. The van der Waals surface area contributed by atoms with Gasteiger partial charge < -0.3 is 5.32 Å². The zero-order chi connectivity index (χ0) is 9.26. The molecule has 2 heterocycles. The number of amides is 1. The maximum atomic E-state index is 11.0. The van der Waals surface area contributed by atoms with Crippen LogP contribution in [0.3, 0.4) is 0 Å². The Morgan fingerprint density at radius 3 is 3.08 bits per heavy atom. The third kappa shape index (κ3) is 1.66. The SMILES string of the molecule is Cc1nccc(C2CNC(=O)C2)n1. The molecule has 1 aromatic heterocycles. The van der Waals surface area contributed by atoms with Crippen LogP contribution >= 0.6 is 0 Å². The summed E-state index contributed by atoms with van der Waals surface area (Å²) in [4.78, 5) is 19.3. The van der Waals surface area contributed by atoms with Gasteiger partial charge in [0.1, 0.15) is 5.82 Å². The van der Waals surface area contributed by atoms with Crippen molar-refractivity contribution in [3.8, 4) is 0 Å². The average molecular weight is 177 g/mol. The van der Waals surface area contributed by atoms with Gasteiger partial charge in [0.15, 0.2) is 0 Å². The zero-order valence-electron chi connectivity index (χ0n) is 7.45. The molecular formula is C9H11N3O. The van der Waals surface area contributed by atoms with Crippen molar-refractivity contribution in [2.45, 2.75) is 19.3 Å². The Bertz CT molecular complexity index is 337. The van der Waals surface area contributed by atoms with E-state index in [4.69, 9.17) is 0 Å². The molecule has 0 aliphatic carbocycles. The first-order valence-electron chi connectivity index (χ1n) is 4.32. The Morgan fingerprint density at radius 2 is 2.46 bits per heavy atom. The summed E-state index contributed by atoms with van der Waals surface area (Å²) in [6.45, 7) is 2.56. The molecule has 1 aromatic rings. The third-order valence-corrected chi connectivity index (χ3v) is 2.19. The van der Waals surface area contributed by atoms with Crippen LogP contribution in [-0.4, -0.2) is 22.4 Å². The van der Waals surface area contributed by atoms with Gasteiger partial charge in [-0.1, -0.05) is 0 Å². The lowest BCUT2D eigenvalue weighted by Gasteiger charge is -2.05. The Labute approximate surface area is 76.4 Å². The van der Waals surface area contributed by atoms with E-state index in [-0.39, 0.29) is 11.8 Å². The summed E-state index contributed by atoms with van der Waals surface area (Å²) >= 11 is 0. The molecule has 0 saturated carbocycles. The summed E-state index contributed by atoms with van der Waals surface area (Å²) in [5.41, 5.74) is 0.964. The van der Waals surface area contributed by atoms with Crippen molar-refractivity contribution >= 4 is 5.91 Å². The Kier molecular flexibility index (Phi) is 1.96. The fraction of sp³-hybridized carbons (Fsp3) is 0.444. The van der Waals surface area contributed by atoms with E-state index >= 15 is 0 Å². The number of carbonyl (C=O) groups excluding carboxylic acids is 1. The second-order valence-electron chi connectivity index (χ2n) is 3.23. The summed E-state index contributed by atoms with van der Waals surface area (Å²) in [7, 11) is 0. The largest absolute Gasteiger partial charge is 0.355 e. The summed E-state index contributed by atoms with van der Waals surface area (Å²) < 4.78 is 0. The Balaban J connectivity index is 2.21. The average Bonchev–Trinajstić information content (AvgIpc) is 2.52.